The molecule has 1 aromatic heterocycles. The third-order valence-electron chi connectivity index (χ3n) is 7.39. The van der Waals surface area contributed by atoms with Gasteiger partial charge < -0.3 is 4.90 Å². The van der Waals surface area contributed by atoms with Crippen LogP contribution in [0.2, 0.25) is 0 Å². The Hall–Kier alpha value is -2.17. The molecule has 0 spiro atoms. The molecule has 2 aliphatic heterocycles. The topological polar surface area (TPSA) is 55.2 Å². The van der Waals surface area contributed by atoms with Gasteiger partial charge in [0, 0.05) is 31.6 Å². The first-order valence-corrected chi connectivity index (χ1v) is 11.5. The second-order valence-electron chi connectivity index (χ2n) is 9.23. The highest BCUT2D eigenvalue weighted by Gasteiger charge is 2.33. The number of carbonyl (C=O) groups is 1. The van der Waals surface area contributed by atoms with E-state index in [9.17, 15) is 9.59 Å². The van der Waals surface area contributed by atoms with Crippen LogP contribution in [-0.4, -0.2) is 33.4 Å². The summed E-state index contributed by atoms with van der Waals surface area (Å²) in [6.45, 7) is 2.51. The highest BCUT2D eigenvalue weighted by molar-refractivity contribution is 5.97. The molecule has 3 aliphatic rings. The van der Waals surface area contributed by atoms with Gasteiger partial charge in [-0.1, -0.05) is 32.1 Å². The second kappa shape index (κ2) is 7.92. The van der Waals surface area contributed by atoms with E-state index in [1.807, 2.05) is 27.7 Å². The summed E-state index contributed by atoms with van der Waals surface area (Å²) >= 11 is 0. The molecule has 1 aliphatic carbocycles. The predicted octanol–water partition coefficient (Wildman–Crippen LogP) is 4.17. The zero-order valence-corrected chi connectivity index (χ0v) is 17.2. The summed E-state index contributed by atoms with van der Waals surface area (Å²) < 4.78 is 1.86. The number of aromatic nitrogens is 2. The van der Waals surface area contributed by atoms with Crippen molar-refractivity contribution in [1.82, 2.24) is 14.5 Å². The van der Waals surface area contributed by atoms with Crippen molar-refractivity contribution < 1.29 is 4.79 Å². The Morgan fingerprint density at radius 1 is 0.931 bits per heavy atom. The lowest BCUT2D eigenvalue weighted by molar-refractivity contribution is 0.0521. The highest BCUT2D eigenvalue weighted by Crippen LogP contribution is 2.36. The minimum atomic E-state index is 0.0499. The molecule has 5 heteroatoms. The average Bonchev–Trinajstić information content (AvgIpc) is 2.74. The van der Waals surface area contributed by atoms with E-state index < -0.39 is 0 Å². The first-order chi connectivity index (χ1) is 14.2. The lowest BCUT2D eigenvalue weighted by Crippen LogP contribution is -2.44. The van der Waals surface area contributed by atoms with Crippen LogP contribution in [0.3, 0.4) is 0 Å². The molecule has 5 nitrogen and oxygen atoms in total. The van der Waals surface area contributed by atoms with Crippen LogP contribution in [0.25, 0.3) is 10.9 Å². The maximum atomic E-state index is 13.2. The van der Waals surface area contributed by atoms with Gasteiger partial charge in [-0.15, -0.1) is 0 Å². The summed E-state index contributed by atoms with van der Waals surface area (Å²) in [5, 5.41) is 0.636. The van der Waals surface area contributed by atoms with Crippen molar-refractivity contribution >= 4 is 16.8 Å². The van der Waals surface area contributed by atoms with Crippen LogP contribution in [0.1, 0.15) is 74.0 Å². The number of nitrogens with zero attached hydrogens (tertiary/aromatic N) is 3. The SMILES string of the molecule is O=C(c1ccc2c(=O)n3c(nc2c1)CCCCCC3)N1CC[C@@H]2CCCC[C@@H]2C1. The fraction of sp³-hybridized carbons (Fsp3) is 0.625. The third-order valence-corrected chi connectivity index (χ3v) is 7.39. The molecule has 0 unspecified atom stereocenters. The number of carbonyl (C=O) groups excluding carboxylic acids is 1. The van der Waals surface area contributed by atoms with Crippen molar-refractivity contribution in [2.75, 3.05) is 13.1 Å². The zero-order valence-electron chi connectivity index (χ0n) is 17.2. The molecule has 1 saturated heterocycles. The van der Waals surface area contributed by atoms with Crippen LogP contribution in [0.4, 0.5) is 0 Å². The normalized spacial score (nSPS) is 25.0. The van der Waals surface area contributed by atoms with Gasteiger partial charge in [-0.05, 0) is 55.7 Å². The standard InChI is InChI=1S/C24H31N3O2/c28-23(26-14-12-17-7-4-5-8-19(17)16-26)18-10-11-20-21(15-18)25-22-9-3-1-2-6-13-27(22)24(20)29/h10-11,15,17,19H,1-9,12-14,16H2/t17-,19+/m0/s1. The molecule has 0 N–H and O–H groups in total. The molecule has 29 heavy (non-hydrogen) atoms. The summed E-state index contributed by atoms with van der Waals surface area (Å²) in [5.41, 5.74) is 1.41. The molecule has 3 heterocycles. The van der Waals surface area contributed by atoms with Gasteiger partial charge in [0.2, 0.25) is 0 Å². The monoisotopic (exact) mass is 393 g/mol. The van der Waals surface area contributed by atoms with E-state index in [2.05, 4.69) is 0 Å². The molecule has 1 aromatic carbocycles. The number of hydrogen-bond acceptors (Lipinski definition) is 3. The van der Waals surface area contributed by atoms with Crippen LogP contribution in [-0.2, 0) is 13.0 Å². The number of fused-ring (bicyclic) bond motifs is 3. The number of rotatable bonds is 1. The number of benzene rings is 1. The smallest absolute Gasteiger partial charge is 0.261 e. The van der Waals surface area contributed by atoms with Gasteiger partial charge in [-0.25, -0.2) is 4.98 Å². The Morgan fingerprint density at radius 3 is 2.66 bits per heavy atom. The van der Waals surface area contributed by atoms with Crippen molar-refractivity contribution in [3.05, 3.63) is 39.9 Å². The van der Waals surface area contributed by atoms with Crippen molar-refractivity contribution in [2.24, 2.45) is 11.8 Å². The number of hydrogen-bond donors (Lipinski definition) is 0. The lowest BCUT2D eigenvalue weighted by atomic mass is 9.75. The van der Waals surface area contributed by atoms with E-state index in [4.69, 9.17) is 4.98 Å². The van der Waals surface area contributed by atoms with Gasteiger partial charge >= 0.3 is 0 Å². The van der Waals surface area contributed by atoms with Crippen molar-refractivity contribution in [2.45, 2.75) is 70.8 Å². The van der Waals surface area contributed by atoms with Gasteiger partial charge in [-0.3, -0.25) is 14.2 Å². The quantitative estimate of drug-likeness (QED) is 0.731. The average molecular weight is 394 g/mol. The Bertz CT molecular complexity index is 980. The Balaban J connectivity index is 1.44. The van der Waals surface area contributed by atoms with E-state index in [1.165, 1.54) is 38.5 Å². The van der Waals surface area contributed by atoms with Crippen molar-refractivity contribution in [1.29, 1.82) is 0 Å². The maximum absolute atomic E-state index is 13.2. The fourth-order valence-electron chi connectivity index (χ4n) is 5.70. The minimum Gasteiger partial charge on any atom is -0.338 e. The Morgan fingerprint density at radius 2 is 1.76 bits per heavy atom. The Kier molecular flexibility index (Phi) is 5.15. The van der Waals surface area contributed by atoms with Gasteiger partial charge in [0.1, 0.15) is 5.82 Å². The molecule has 1 saturated carbocycles. The first-order valence-electron chi connectivity index (χ1n) is 11.5. The van der Waals surface area contributed by atoms with Gasteiger partial charge in [0.05, 0.1) is 10.9 Å². The van der Waals surface area contributed by atoms with Crippen molar-refractivity contribution in [3.8, 4) is 0 Å². The molecule has 2 fully saturated rings. The molecular formula is C24H31N3O2. The summed E-state index contributed by atoms with van der Waals surface area (Å²) in [4.78, 5) is 33.1. The first kappa shape index (κ1) is 18.8. The minimum absolute atomic E-state index is 0.0499. The molecule has 2 atom stereocenters. The molecular weight excluding hydrogens is 362 g/mol. The Labute approximate surface area is 172 Å². The molecule has 1 amide bonds. The van der Waals surface area contributed by atoms with Gasteiger partial charge in [-0.2, -0.15) is 0 Å². The number of aryl methyl sites for hydroxylation is 1. The molecule has 0 radical (unpaired) electrons. The molecule has 5 rings (SSSR count). The molecule has 0 bridgehead atoms. The molecule has 154 valence electrons. The van der Waals surface area contributed by atoms with Crippen LogP contribution in [0, 0.1) is 11.8 Å². The van der Waals surface area contributed by atoms with Gasteiger partial charge in [0.15, 0.2) is 0 Å². The van der Waals surface area contributed by atoms with E-state index in [0.717, 1.165) is 57.1 Å². The zero-order chi connectivity index (χ0) is 19.8. The number of likely N-dealkylation sites (tertiary alicyclic amines) is 1. The predicted molar refractivity (Wildman–Crippen MR) is 114 cm³/mol. The van der Waals surface area contributed by atoms with E-state index in [1.54, 1.807) is 0 Å². The lowest BCUT2D eigenvalue weighted by Gasteiger charge is -2.41. The highest BCUT2D eigenvalue weighted by atomic mass is 16.2. The van der Waals surface area contributed by atoms with E-state index in [-0.39, 0.29) is 11.5 Å². The second-order valence-corrected chi connectivity index (χ2v) is 9.23. The maximum Gasteiger partial charge on any atom is 0.261 e. The van der Waals surface area contributed by atoms with E-state index in [0.29, 0.717) is 22.4 Å². The number of amides is 1. The summed E-state index contributed by atoms with van der Waals surface area (Å²) in [6, 6.07) is 5.50. The summed E-state index contributed by atoms with van der Waals surface area (Å²) in [6.07, 6.45) is 11.7. The van der Waals surface area contributed by atoms with Crippen LogP contribution >= 0.6 is 0 Å². The number of piperidine rings is 1. The van der Waals surface area contributed by atoms with Crippen LogP contribution in [0.5, 0.6) is 0 Å². The summed E-state index contributed by atoms with van der Waals surface area (Å²) in [7, 11) is 0. The largest absolute Gasteiger partial charge is 0.338 e. The van der Waals surface area contributed by atoms with E-state index >= 15 is 0 Å². The van der Waals surface area contributed by atoms with Crippen LogP contribution in [0.15, 0.2) is 23.0 Å². The fourth-order valence-corrected chi connectivity index (χ4v) is 5.70. The third kappa shape index (κ3) is 3.60. The van der Waals surface area contributed by atoms with Crippen LogP contribution < -0.4 is 5.56 Å². The molecule has 2 aromatic rings. The van der Waals surface area contributed by atoms with Crippen molar-refractivity contribution in [3.63, 3.8) is 0 Å². The van der Waals surface area contributed by atoms with Gasteiger partial charge in [0.25, 0.3) is 11.5 Å². The summed E-state index contributed by atoms with van der Waals surface area (Å²) in [5.74, 6) is 2.47.